The van der Waals surface area contributed by atoms with E-state index in [1.54, 1.807) is 7.11 Å². The third kappa shape index (κ3) is 6.98. The summed E-state index contributed by atoms with van der Waals surface area (Å²) in [7, 11) is 1.75. The second-order valence-corrected chi connectivity index (χ2v) is 9.03. The summed E-state index contributed by atoms with van der Waals surface area (Å²) in [5, 5.41) is 0. The van der Waals surface area contributed by atoms with Crippen molar-refractivity contribution in [2.75, 3.05) is 13.7 Å². The zero-order chi connectivity index (χ0) is 23.0. The zero-order valence-corrected chi connectivity index (χ0v) is 19.8. The Hall–Kier alpha value is -2.02. The second kappa shape index (κ2) is 11.9. The summed E-state index contributed by atoms with van der Waals surface area (Å²) in [5.41, 5.74) is 2.32. The predicted molar refractivity (Wildman–Crippen MR) is 128 cm³/mol. The van der Waals surface area contributed by atoms with Gasteiger partial charge in [-0.2, -0.15) is 0 Å². The highest BCUT2D eigenvalue weighted by Crippen LogP contribution is 2.32. The summed E-state index contributed by atoms with van der Waals surface area (Å²) < 4.78 is 30.1. The molecule has 4 rings (SSSR count). The number of methoxy groups -OCH3 is 1. The molecule has 0 bridgehead atoms. The molecule has 2 aromatic carbocycles. The Labute approximate surface area is 197 Å². The van der Waals surface area contributed by atoms with E-state index in [9.17, 15) is 0 Å². The Balaban J connectivity index is 1.34. The van der Waals surface area contributed by atoms with Crippen LogP contribution in [0.3, 0.4) is 0 Å². The molecule has 0 unspecified atom stereocenters. The first-order chi connectivity index (χ1) is 16.1. The van der Waals surface area contributed by atoms with Gasteiger partial charge in [-0.1, -0.05) is 79.7 Å². The minimum atomic E-state index is -0.0864. The Bertz CT molecular complexity index is 855. The lowest BCUT2D eigenvalue weighted by molar-refractivity contribution is -0.0822. The van der Waals surface area contributed by atoms with Crippen molar-refractivity contribution in [2.24, 2.45) is 5.92 Å². The molecular weight excluding hydrogens is 416 g/mol. The van der Waals surface area contributed by atoms with Gasteiger partial charge in [0.05, 0.1) is 44.2 Å². The fourth-order valence-electron chi connectivity index (χ4n) is 4.33. The maximum absolute atomic E-state index is 6.45. The second-order valence-electron chi connectivity index (χ2n) is 9.03. The average Bonchev–Trinajstić information content (AvgIpc) is 3.40. The molecule has 2 aromatic rings. The summed E-state index contributed by atoms with van der Waals surface area (Å²) >= 11 is 0. The SMILES string of the molecule is CO[C@H]1C[C@H]([C@@H](C)[C@@H](/C=C/[C@@H]2O[C@H]2C)OCc2ccccc2)O[C@H]1COCc1ccccc1. The molecule has 5 nitrogen and oxygen atoms in total. The lowest BCUT2D eigenvalue weighted by atomic mass is 9.94. The van der Waals surface area contributed by atoms with Gasteiger partial charge in [0, 0.05) is 19.4 Å². The fourth-order valence-corrected chi connectivity index (χ4v) is 4.33. The molecule has 2 aliphatic rings. The number of ether oxygens (including phenoxy) is 5. The normalized spacial score (nSPS) is 28.8. The molecule has 178 valence electrons. The van der Waals surface area contributed by atoms with Crippen LogP contribution in [-0.2, 0) is 36.9 Å². The lowest BCUT2D eigenvalue weighted by Crippen LogP contribution is -2.31. The lowest BCUT2D eigenvalue weighted by Gasteiger charge is -2.27. The van der Waals surface area contributed by atoms with Gasteiger partial charge in [0.2, 0.25) is 0 Å². The summed E-state index contributed by atoms with van der Waals surface area (Å²) in [6.45, 7) is 5.92. The van der Waals surface area contributed by atoms with Gasteiger partial charge in [0.15, 0.2) is 0 Å². The maximum atomic E-state index is 6.45. The van der Waals surface area contributed by atoms with Gasteiger partial charge in [-0.25, -0.2) is 0 Å². The van der Waals surface area contributed by atoms with Crippen LogP contribution in [0.2, 0.25) is 0 Å². The maximum Gasteiger partial charge on any atom is 0.107 e. The van der Waals surface area contributed by atoms with E-state index in [0.29, 0.717) is 19.8 Å². The first-order valence-corrected chi connectivity index (χ1v) is 11.9. The van der Waals surface area contributed by atoms with Gasteiger partial charge in [0.25, 0.3) is 0 Å². The quantitative estimate of drug-likeness (QED) is 0.337. The fraction of sp³-hybridized carbons (Fsp3) is 0.500. The van der Waals surface area contributed by atoms with E-state index in [2.05, 4.69) is 50.3 Å². The first-order valence-electron chi connectivity index (χ1n) is 11.9. The van der Waals surface area contributed by atoms with Crippen LogP contribution in [0.15, 0.2) is 72.8 Å². The van der Waals surface area contributed by atoms with E-state index in [-0.39, 0.29) is 42.5 Å². The molecule has 0 N–H and O–H groups in total. The molecule has 2 fully saturated rings. The van der Waals surface area contributed by atoms with Crippen LogP contribution in [0.5, 0.6) is 0 Å². The predicted octanol–water partition coefficient (Wildman–Crippen LogP) is 4.94. The highest BCUT2D eigenvalue weighted by atomic mass is 16.6. The van der Waals surface area contributed by atoms with Crippen molar-refractivity contribution in [1.29, 1.82) is 0 Å². The van der Waals surface area contributed by atoms with Gasteiger partial charge >= 0.3 is 0 Å². The Morgan fingerprint density at radius 2 is 1.61 bits per heavy atom. The molecule has 5 heteroatoms. The van der Waals surface area contributed by atoms with Gasteiger partial charge < -0.3 is 23.7 Å². The molecule has 0 amide bonds. The van der Waals surface area contributed by atoms with Crippen molar-refractivity contribution < 1.29 is 23.7 Å². The highest BCUT2D eigenvalue weighted by Gasteiger charge is 2.40. The Morgan fingerprint density at radius 1 is 0.970 bits per heavy atom. The van der Waals surface area contributed by atoms with E-state index >= 15 is 0 Å². The zero-order valence-electron chi connectivity index (χ0n) is 19.8. The van der Waals surface area contributed by atoms with Crippen LogP contribution < -0.4 is 0 Å². The van der Waals surface area contributed by atoms with Crippen LogP contribution in [0, 0.1) is 5.92 Å². The largest absolute Gasteiger partial charge is 0.379 e. The van der Waals surface area contributed by atoms with Crippen LogP contribution in [-0.4, -0.2) is 50.3 Å². The Kier molecular flexibility index (Phi) is 8.70. The summed E-state index contributed by atoms with van der Waals surface area (Å²) in [5.74, 6) is 0.163. The molecule has 2 aliphatic heterocycles. The first kappa shape index (κ1) is 24.1. The minimum absolute atomic E-state index is 0.0127. The van der Waals surface area contributed by atoms with Gasteiger partial charge in [-0.15, -0.1) is 0 Å². The molecule has 0 aromatic heterocycles. The smallest absolute Gasteiger partial charge is 0.107 e. The van der Waals surface area contributed by atoms with Crippen molar-refractivity contribution in [2.45, 2.75) is 70.1 Å². The standard InChI is InChI=1S/C28H36O5/c1-20(24(14-15-25-21(2)32-25)31-18-23-12-8-5-9-13-23)26-16-27(29-3)28(33-26)19-30-17-22-10-6-4-7-11-22/h4-15,20-21,24-28H,16-19H2,1-3H3/b15-14+/t20-,21-,24+,25-,26+,27-,28-/m0/s1. The van der Waals surface area contributed by atoms with E-state index in [1.807, 2.05) is 36.4 Å². The monoisotopic (exact) mass is 452 g/mol. The molecular formula is C28H36O5. The van der Waals surface area contributed by atoms with Crippen LogP contribution >= 0.6 is 0 Å². The summed E-state index contributed by atoms with van der Waals surface area (Å²) in [4.78, 5) is 0. The van der Waals surface area contributed by atoms with Crippen molar-refractivity contribution >= 4 is 0 Å². The van der Waals surface area contributed by atoms with E-state index < -0.39 is 0 Å². The molecule has 2 saturated heterocycles. The third-order valence-corrected chi connectivity index (χ3v) is 6.56. The van der Waals surface area contributed by atoms with Crippen molar-refractivity contribution in [3.63, 3.8) is 0 Å². The number of epoxide rings is 1. The van der Waals surface area contributed by atoms with Crippen molar-refractivity contribution in [3.05, 3.63) is 83.9 Å². The molecule has 2 heterocycles. The topological polar surface area (TPSA) is 49.5 Å². The molecule has 0 saturated carbocycles. The van der Waals surface area contributed by atoms with Crippen LogP contribution in [0.4, 0.5) is 0 Å². The number of rotatable bonds is 12. The van der Waals surface area contributed by atoms with Gasteiger partial charge in [-0.3, -0.25) is 0 Å². The van der Waals surface area contributed by atoms with E-state index in [1.165, 1.54) is 0 Å². The van der Waals surface area contributed by atoms with Crippen molar-refractivity contribution in [1.82, 2.24) is 0 Å². The van der Waals surface area contributed by atoms with Gasteiger partial charge in [-0.05, 0) is 18.1 Å². The third-order valence-electron chi connectivity index (χ3n) is 6.56. The van der Waals surface area contributed by atoms with Crippen molar-refractivity contribution in [3.8, 4) is 0 Å². The number of benzene rings is 2. The van der Waals surface area contributed by atoms with E-state index in [4.69, 9.17) is 23.7 Å². The molecule has 33 heavy (non-hydrogen) atoms. The van der Waals surface area contributed by atoms with Crippen LogP contribution in [0.25, 0.3) is 0 Å². The number of hydrogen-bond donors (Lipinski definition) is 0. The number of hydrogen-bond acceptors (Lipinski definition) is 5. The minimum Gasteiger partial charge on any atom is -0.379 e. The van der Waals surface area contributed by atoms with Crippen LogP contribution in [0.1, 0.15) is 31.4 Å². The molecule has 0 aliphatic carbocycles. The van der Waals surface area contributed by atoms with Gasteiger partial charge in [0.1, 0.15) is 12.2 Å². The highest BCUT2D eigenvalue weighted by molar-refractivity contribution is 5.14. The Morgan fingerprint density at radius 3 is 2.21 bits per heavy atom. The molecule has 0 radical (unpaired) electrons. The molecule has 0 spiro atoms. The average molecular weight is 453 g/mol. The van der Waals surface area contributed by atoms with E-state index in [0.717, 1.165) is 17.5 Å². The summed E-state index contributed by atoms with van der Waals surface area (Å²) in [6.07, 6.45) is 5.46. The molecule has 7 atom stereocenters. The summed E-state index contributed by atoms with van der Waals surface area (Å²) in [6, 6.07) is 20.5.